The lowest BCUT2D eigenvalue weighted by molar-refractivity contribution is 0.0941. The number of hydrazine groups is 1. The fraction of sp³-hybridized carbons (Fsp3) is 0.150. The van der Waals surface area contributed by atoms with Gasteiger partial charge < -0.3 is 5.32 Å². The number of halogens is 1. The second-order valence-corrected chi connectivity index (χ2v) is 7.53. The summed E-state index contributed by atoms with van der Waals surface area (Å²) < 4.78 is 0.917. The lowest BCUT2D eigenvalue weighted by Crippen LogP contribution is -2.43. The Balaban J connectivity index is 1.66. The van der Waals surface area contributed by atoms with Gasteiger partial charge in [-0.1, -0.05) is 42.8 Å². The van der Waals surface area contributed by atoms with Crippen LogP contribution in [0.25, 0.3) is 10.1 Å². The van der Waals surface area contributed by atoms with E-state index in [2.05, 4.69) is 23.1 Å². The molecule has 0 saturated carbocycles. The van der Waals surface area contributed by atoms with Crippen molar-refractivity contribution < 1.29 is 14.4 Å². The number of Topliss-reactive ketones (excluding diaryl/α,β-unsaturated/α-hetero) is 1. The van der Waals surface area contributed by atoms with Crippen LogP contribution in [0.2, 0.25) is 5.02 Å². The highest BCUT2D eigenvalue weighted by molar-refractivity contribution is 7.21. The van der Waals surface area contributed by atoms with Gasteiger partial charge in [-0.25, -0.2) is 10.2 Å². The van der Waals surface area contributed by atoms with Crippen molar-refractivity contribution in [3.05, 3.63) is 63.5 Å². The van der Waals surface area contributed by atoms with E-state index in [0.29, 0.717) is 21.2 Å². The Morgan fingerprint density at radius 1 is 1.07 bits per heavy atom. The zero-order valence-corrected chi connectivity index (χ0v) is 16.8. The van der Waals surface area contributed by atoms with Gasteiger partial charge in [-0.15, -0.1) is 11.3 Å². The van der Waals surface area contributed by atoms with Gasteiger partial charge in [-0.05, 0) is 37.1 Å². The summed E-state index contributed by atoms with van der Waals surface area (Å²) in [4.78, 5) is 36.2. The van der Waals surface area contributed by atoms with E-state index in [1.165, 1.54) is 18.3 Å². The molecule has 0 saturated heterocycles. The number of aryl methyl sites for hydroxylation is 1. The van der Waals surface area contributed by atoms with E-state index in [4.69, 9.17) is 11.6 Å². The maximum absolute atomic E-state index is 12.4. The van der Waals surface area contributed by atoms with E-state index in [-0.39, 0.29) is 5.78 Å². The van der Waals surface area contributed by atoms with Crippen LogP contribution < -0.4 is 16.2 Å². The molecule has 0 aliphatic rings. The van der Waals surface area contributed by atoms with Gasteiger partial charge in [0.15, 0.2) is 5.78 Å². The van der Waals surface area contributed by atoms with Crippen LogP contribution in [-0.4, -0.2) is 17.7 Å². The average molecular weight is 416 g/mol. The fourth-order valence-electron chi connectivity index (χ4n) is 2.62. The molecule has 0 unspecified atom stereocenters. The first kappa shape index (κ1) is 19.9. The van der Waals surface area contributed by atoms with Crippen molar-refractivity contribution >= 4 is 56.4 Å². The molecule has 8 heteroatoms. The van der Waals surface area contributed by atoms with Crippen LogP contribution in [0, 0.1) is 0 Å². The summed E-state index contributed by atoms with van der Waals surface area (Å²) in [7, 11) is 0. The molecule has 3 rings (SSSR count). The molecule has 0 radical (unpaired) electrons. The van der Waals surface area contributed by atoms with E-state index in [9.17, 15) is 14.4 Å². The molecule has 0 spiro atoms. The highest BCUT2D eigenvalue weighted by Crippen LogP contribution is 2.35. The van der Waals surface area contributed by atoms with E-state index in [1.54, 1.807) is 24.3 Å². The van der Waals surface area contributed by atoms with Crippen molar-refractivity contribution in [1.29, 1.82) is 0 Å². The minimum Gasteiger partial charge on any atom is -0.307 e. The van der Waals surface area contributed by atoms with E-state index < -0.39 is 11.9 Å². The van der Waals surface area contributed by atoms with Crippen molar-refractivity contribution in [2.75, 3.05) is 5.32 Å². The number of carbonyl (C=O) groups is 3. The van der Waals surface area contributed by atoms with E-state index in [1.807, 2.05) is 18.2 Å². The molecule has 3 N–H and O–H groups in total. The number of hydrogen-bond donors (Lipinski definition) is 3. The number of rotatable bonds is 4. The highest BCUT2D eigenvalue weighted by Gasteiger charge is 2.18. The Labute approximate surface area is 170 Å². The van der Waals surface area contributed by atoms with E-state index >= 15 is 0 Å². The first-order valence-corrected chi connectivity index (χ1v) is 9.77. The lowest BCUT2D eigenvalue weighted by Gasteiger charge is -2.09. The van der Waals surface area contributed by atoms with Crippen molar-refractivity contribution in [3.63, 3.8) is 0 Å². The Morgan fingerprint density at radius 2 is 1.86 bits per heavy atom. The second kappa shape index (κ2) is 8.41. The molecular weight excluding hydrogens is 398 g/mol. The summed E-state index contributed by atoms with van der Waals surface area (Å²) in [6.07, 6.45) is 0.888. The van der Waals surface area contributed by atoms with Gasteiger partial charge in [0.25, 0.3) is 5.91 Å². The van der Waals surface area contributed by atoms with Crippen molar-refractivity contribution in [1.82, 2.24) is 10.9 Å². The van der Waals surface area contributed by atoms with Crippen LogP contribution >= 0.6 is 22.9 Å². The lowest BCUT2D eigenvalue weighted by atomic mass is 10.1. The third kappa shape index (κ3) is 4.32. The van der Waals surface area contributed by atoms with Crippen LogP contribution in [0.3, 0.4) is 0 Å². The molecule has 3 aromatic rings. The molecule has 6 nitrogen and oxygen atoms in total. The van der Waals surface area contributed by atoms with Gasteiger partial charge in [0.2, 0.25) is 0 Å². The Hall–Kier alpha value is -2.90. The number of hydrogen-bond acceptors (Lipinski definition) is 4. The van der Waals surface area contributed by atoms with Crippen LogP contribution in [-0.2, 0) is 6.42 Å². The van der Waals surface area contributed by atoms with Crippen LogP contribution in [0.15, 0.2) is 42.5 Å². The molecule has 2 aromatic carbocycles. The summed E-state index contributed by atoms with van der Waals surface area (Å²) in [6, 6.07) is 11.7. The third-order valence-corrected chi connectivity index (χ3v) is 5.78. The Kier molecular flexibility index (Phi) is 5.96. The normalized spacial score (nSPS) is 10.5. The standard InChI is InChI=1S/C20H18ClN3O3S/c1-3-12-7-8-15-16(9-12)28-18(17(15)21)19(26)23-24-20(27)22-14-6-4-5-13(10-14)11(2)25/h4-10H,3H2,1-2H3,(H,23,26)(H2,22,24,27). The number of amides is 3. The van der Waals surface area contributed by atoms with Crippen molar-refractivity contribution in [3.8, 4) is 0 Å². The molecule has 0 fully saturated rings. The number of benzene rings is 2. The van der Waals surface area contributed by atoms with E-state index in [0.717, 1.165) is 22.1 Å². The number of nitrogens with one attached hydrogen (secondary N) is 3. The van der Waals surface area contributed by atoms with Crippen LogP contribution in [0.5, 0.6) is 0 Å². The predicted molar refractivity (Wildman–Crippen MR) is 112 cm³/mol. The quantitative estimate of drug-likeness (QED) is 0.423. The predicted octanol–water partition coefficient (Wildman–Crippen LogP) is 4.79. The molecule has 0 aliphatic heterocycles. The average Bonchev–Trinajstić information content (AvgIpc) is 3.02. The maximum Gasteiger partial charge on any atom is 0.337 e. The summed E-state index contributed by atoms with van der Waals surface area (Å²) >= 11 is 7.60. The number of carbonyl (C=O) groups excluding carboxylic acids is 3. The molecule has 1 heterocycles. The number of anilines is 1. The molecular formula is C20H18ClN3O3S. The molecule has 0 aliphatic carbocycles. The highest BCUT2D eigenvalue weighted by atomic mass is 35.5. The van der Waals surface area contributed by atoms with Gasteiger partial charge in [0.05, 0.1) is 5.02 Å². The zero-order valence-electron chi connectivity index (χ0n) is 15.3. The zero-order chi connectivity index (χ0) is 20.3. The minimum absolute atomic E-state index is 0.108. The van der Waals surface area contributed by atoms with Crippen LogP contribution in [0.1, 0.15) is 39.4 Å². The minimum atomic E-state index is -0.639. The summed E-state index contributed by atoms with van der Waals surface area (Å²) in [5.74, 6) is -0.611. The molecule has 28 heavy (non-hydrogen) atoms. The molecule has 0 bridgehead atoms. The maximum atomic E-state index is 12.4. The first-order valence-electron chi connectivity index (χ1n) is 8.58. The monoisotopic (exact) mass is 415 g/mol. The number of thiophene rings is 1. The van der Waals surface area contributed by atoms with Gasteiger partial charge in [-0.3, -0.25) is 15.0 Å². The molecule has 144 valence electrons. The van der Waals surface area contributed by atoms with Crippen molar-refractivity contribution in [2.24, 2.45) is 0 Å². The molecule has 3 amide bonds. The fourth-order valence-corrected chi connectivity index (χ4v) is 4.10. The SMILES string of the molecule is CCc1ccc2c(Cl)c(C(=O)NNC(=O)Nc3cccc(C(C)=O)c3)sc2c1. The smallest absolute Gasteiger partial charge is 0.307 e. The van der Waals surface area contributed by atoms with Gasteiger partial charge in [-0.2, -0.15) is 0 Å². The largest absolute Gasteiger partial charge is 0.337 e. The third-order valence-electron chi connectivity index (χ3n) is 4.12. The first-order chi connectivity index (χ1) is 13.4. The van der Waals surface area contributed by atoms with Gasteiger partial charge in [0.1, 0.15) is 4.88 Å². The Morgan fingerprint density at radius 3 is 2.57 bits per heavy atom. The van der Waals surface area contributed by atoms with Gasteiger partial charge in [0, 0.05) is 21.3 Å². The summed E-state index contributed by atoms with van der Waals surface area (Å²) in [5, 5.41) is 3.72. The topological polar surface area (TPSA) is 87.3 Å². The number of fused-ring (bicyclic) bond motifs is 1. The summed E-state index contributed by atoms with van der Waals surface area (Å²) in [6.45, 7) is 3.50. The van der Waals surface area contributed by atoms with Crippen molar-refractivity contribution in [2.45, 2.75) is 20.3 Å². The van der Waals surface area contributed by atoms with Crippen LogP contribution in [0.4, 0.5) is 10.5 Å². The number of ketones is 1. The number of urea groups is 1. The summed E-state index contributed by atoms with van der Waals surface area (Å²) in [5.41, 5.74) is 6.70. The molecule has 0 atom stereocenters. The second-order valence-electron chi connectivity index (χ2n) is 6.10. The van der Waals surface area contributed by atoms with Gasteiger partial charge >= 0.3 is 6.03 Å². The molecule has 1 aromatic heterocycles. The Bertz CT molecular complexity index is 1080.